The van der Waals surface area contributed by atoms with Crippen LogP contribution in [0.5, 0.6) is 0 Å². The third kappa shape index (κ3) is 2.52. The van der Waals surface area contributed by atoms with Gasteiger partial charge in [-0.25, -0.2) is 0 Å². The van der Waals surface area contributed by atoms with Gasteiger partial charge in [0.1, 0.15) is 0 Å². The maximum Gasteiger partial charge on any atom is 0.217 e. The Morgan fingerprint density at radius 1 is 0.789 bits per heavy atom. The van der Waals surface area contributed by atoms with E-state index in [1.54, 1.807) is 42.5 Å². The summed E-state index contributed by atoms with van der Waals surface area (Å²) in [7, 11) is 0. The number of rotatable bonds is 4. The predicted octanol–water partition coefficient (Wildman–Crippen LogP) is 0.857. The second kappa shape index (κ2) is 5.50. The summed E-state index contributed by atoms with van der Waals surface area (Å²) in [6.45, 7) is -0.642. The zero-order valence-corrected chi connectivity index (χ0v) is 10.3. The first-order valence-corrected chi connectivity index (χ1v) is 5.94. The molecule has 0 spiro atoms. The summed E-state index contributed by atoms with van der Waals surface area (Å²) in [5, 5.41) is 39.3. The molecule has 0 radical (unpaired) electrons. The van der Waals surface area contributed by atoms with Gasteiger partial charge in [-0.3, -0.25) is 0 Å². The topological polar surface area (TPSA) is 80.9 Å². The molecular weight excluding hydrogens is 244 g/mol. The summed E-state index contributed by atoms with van der Waals surface area (Å²) in [6, 6.07) is 13.1. The van der Waals surface area contributed by atoms with E-state index in [1.165, 1.54) is 6.07 Å². The molecule has 100 valence electrons. The predicted molar refractivity (Wildman–Crippen MR) is 69.9 cm³/mol. The van der Waals surface area contributed by atoms with Crippen LogP contribution < -0.4 is 0 Å². The highest BCUT2D eigenvalue weighted by atomic mass is 16.5. The van der Waals surface area contributed by atoms with Crippen LogP contribution in [0.4, 0.5) is 0 Å². The van der Waals surface area contributed by atoms with E-state index in [2.05, 4.69) is 0 Å². The van der Waals surface area contributed by atoms with Crippen molar-refractivity contribution in [3.05, 3.63) is 70.8 Å². The van der Waals surface area contributed by atoms with Crippen LogP contribution in [0.3, 0.4) is 0 Å². The van der Waals surface area contributed by atoms with E-state index in [1.807, 2.05) is 0 Å². The average Bonchev–Trinajstić information content (AvgIpc) is 2.47. The van der Waals surface area contributed by atoms with Gasteiger partial charge in [-0.15, -0.1) is 0 Å². The Morgan fingerprint density at radius 2 is 1.47 bits per heavy atom. The van der Waals surface area contributed by atoms with Gasteiger partial charge in [0, 0.05) is 11.1 Å². The van der Waals surface area contributed by atoms with Gasteiger partial charge in [0.15, 0.2) is 0 Å². The lowest BCUT2D eigenvalue weighted by molar-refractivity contribution is -0.133. The van der Waals surface area contributed by atoms with Crippen molar-refractivity contribution in [1.82, 2.24) is 0 Å². The van der Waals surface area contributed by atoms with E-state index < -0.39 is 5.79 Å². The highest BCUT2D eigenvalue weighted by Crippen LogP contribution is 2.31. The summed E-state index contributed by atoms with van der Waals surface area (Å²) in [4.78, 5) is 0. The zero-order chi connectivity index (χ0) is 13.9. The maximum absolute atomic E-state index is 10.4. The second-order valence-electron chi connectivity index (χ2n) is 4.30. The Bertz CT molecular complexity index is 549. The SMILES string of the molecule is OCc1cccc(C(O)(O)c2ccccc2)c1CO. The van der Waals surface area contributed by atoms with Gasteiger partial charge in [0.2, 0.25) is 5.79 Å². The lowest BCUT2D eigenvalue weighted by atomic mass is 9.91. The molecule has 0 saturated heterocycles. The second-order valence-corrected chi connectivity index (χ2v) is 4.30. The third-order valence-corrected chi connectivity index (χ3v) is 3.15. The summed E-state index contributed by atoms with van der Waals surface area (Å²) in [5.74, 6) is -2.20. The van der Waals surface area contributed by atoms with Gasteiger partial charge in [-0.05, 0) is 11.1 Å². The van der Waals surface area contributed by atoms with Crippen LogP contribution in [-0.4, -0.2) is 20.4 Å². The van der Waals surface area contributed by atoms with Gasteiger partial charge in [0.05, 0.1) is 13.2 Å². The zero-order valence-electron chi connectivity index (χ0n) is 10.3. The first kappa shape index (κ1) is 13.7. The molecule has 0 unspecified atom stereocenters. The summed E-state index contributed by atoms with van der Waals surface area (Å²) in [5.41, 5.74) is 1.29. The minimum Gasteiger partial charge on any atom is -0.392 e. The number of aliphatic hydroxyl groups is 4. The third-order valence-electron chi connectivity index (χ3n) is 3.15. The van der Waals surface area contributed by atoms with Crippen LogP contribution in [0.25, 0.3) is 0 Å². The smallest absolute Gasteiger partial charge is 0.217 e. The molecule has 0 fully saturated rings. The average molecular weight is 260 g/mol. The number of aliphatic hydroxyl groups excluding tert-OH is 2. The molecule has 0 atom stereocenters. The van der Waals surface area contributed by atoms with E-state index >= 15 is 0 Å². The quantitative estimate of drug-likeness (QED) is 0.615. The highest BCUT2D eigenvalue weighted by molar-refractivity contribution is 5.42. The van der Waals surface area contributed by atoms with Crippen LogP contribution in [0.15, 0.2) is 48.5 Å². The van der Waals surface area contributed by atoms with Crippen LogP contribution in [-0.2, 0) is 19.0 Å². The molecule has 0 aliphatic carbocycles. The van der Waals surface area contributed by atoms with E-state index in [0.29, 0.717) is 16.7 Å². The summed E-state index contributed by atoms with van der Waals surface area (Å²) >= 11 is 0. The Kier molecular flexibility index (Phi) is 3.97. The molecular formula is C15H16O4. The Balaban J connectivity index is 2.58. The molecule has 0 aliphatic rings. The van der Waals surface area contributed by atoms with Crippen LogP contribution in [0.2, 0.25) is 0 Å². The van der Waals surface area contributed by atoms with E-state index in [-0.39, 0.29) is 18.8 Å². The lowest BCUT2D eigenvalue weighted by Gasteiger charge is -2.26. The normalized spacial score (nSPS) is 11.6. The molecule has 0 saturated carbocycles. The number of benzene rings is 2. The summed E-state index contributed by atoms with van der Waals surface area (Å²) in [6.07, 6.45) is 0. The van der Waals surface area contributed by atoms with E-state index in [9.17, 15) is 20.4 Å². The molecule has 0 bridgehead atoms. The first-order chi connectivity index (χ1) is 9.11. The van der Waals surface area contributed by atoms with Gasteiger partial charge >= 0.3 is 0 Å². The fourth-order valence-electron chi connectivity index (χ4n) is 2.12. The number of hydrogen-bond acceptors (Lipinski definition) is 4. The monoisotopic (exact) mass is 260 g/mol. The van der Waals surface area contributed by atoms with Crippen molar-refractivity contribution in [1.29, 1.82) is 0 Å². The maximum atomic E-state index is 10.4. The molecule has 2 aromatic rings. The molecule has 0 aromatic heterocycles. The first-order valence-electron chi connectivity index (χ1n) is 5.94. The molecule has 4 heteroatoms. The Hall–Kier alpha value is -1.72. The van der Waals surface area contributed by atoms with E-state index in [0.717, 1.165) is 0 Å². The molecule has 19 heavy (non-hydrogen) atoms. The van der Waals surface area contributed by atoms with E-state index in [4.69, 9.17) is 0 Å². The fraction of sp³-hybridized carbons (Fsp3) is 0.200. The van der Waals surface area contributed by atoms with Gasteiger partial charge in [-0.1, -0.05) is 48.5 Å². The van der Waals surface area contributed by atoms with Crippen LogP contribution in [0, 0.1) is 0 Å². The molecule has 0 aliphatic heterocycles. The Labute approximate surface area is 111 Å². The highest BCUT2D eigenvalue weighted by Gasteiger charge is 2.31. The van der Waals surface area contributed by atoms with Crippen LogP contribution in [0.1, 0.15) is 22.3 Å². The Morgan fingerprint density at radius 3 is 2.05 bits per heavy atom. The summed E-state index contributed by atoms with van der Waals surface area (Å²) < 4.78 is 0. The van der Waals surface area contributed by atoms with Crippen molar-refractivity contribution in [2.24, 2.45) is 0 Å². The molecule has 2 rings (SSSR count). The van der Waals surface area contributed by atoms with Crippen molar-refractivity contribution in [2.45, 2.75) is 19.0 Å². The van der Waals surface area contributed by atoms with Gasteiger partial charge in [-0.2, -0.15) is 0 Å². The molecule has 4 nitrogen and oxygen atoms in total. The van der Waals surface area contributed by atoms with Crippen molar-refractivity contribution in [2.75, 3.05) is 0 Å². The van der Waals surface area contributed by atoms with Gasteiger partial charge < -0.3 is 20.4 Å². The minimum absolute atomic E-state index is 0.174. The standard InChI is InChI=1S/C15H16O4/c16-9-11-5-4-8-14(13(11)10-17)15(18,19)12-6-2-1-3-7-12/h1-8,16-19H,9-10H2. The number of hydrogen-bond donors (Lipinski definition) is 4. The largest absolute Gasteiger partial charge is 0.392 e. The van der Waals surface area contributed by atoms with Gasteiger partial charge in [0.25, 0.3) is 0 Å². The van der Waals surface area contributed by atoms with Crippen molar-refractivity contribution in [3.8, 4) is 0 Å². The lowest BCUT2D eigenvalue weighted by Crippen LogP contribution is -2.28. The van der Waals surface area contributed by atoms with Crippen LogP contribution >= 0.6 is 0 Å². The fourth-order valence-corrected chi connectivity index (χ4v) is 2.12. The van der Waals surface area contributed by atoms with Crippen molar-refractivity contribution < 1.29 is 20.4 Å². The van der Waals surface area contributed by atoms with Crippen molar-refractivity contribution in [3.63, 3.8) is 0 Å². The van der Waals surface area contributed by atoms with Crippen molar-refractivity contribution >= 4 is 0 Å². The molecule has 0 heterocycles. The molecule has 2 aromatic carbocycles. The minimum atomic E-state index is -2.20. The molecule has 0 amide bonds. The molecule has 4 N–H and O–H groups in total.